The summed E-state index contributed by atoms with van der Waals surface area (Å²) in [6, 6.07) is 26.4. The zero-order valence-corrected chi connectivity index (χ0v) is 30.1. The van der Waals surface area contributed by atoms with Gasteiger partial charge in [0.05, 0.1) is 10.0 Å². The van der Waals surface area contributed by atoms with Crippen LogP contribution in [0.3, 0.4) is 0 Å². The first kappa shape index (κ1) is 33.6. The number of ether oxygens (including phenoxy) is 1. The van der Waals surface area contributed by atoms with Crippen molar-refractivity contribution in [2.45, 2.75) is 105 Å². The first-order valence-corrected chi connectivity index (χ1v) is 18.8. The third-order valence-corrected chi connectivity index (χ3v) is 10.5. The number of benzene rings is 6. The fraction of sp³-hybridized carbons (Fsp3) is 0.364. The van der Waals surface area contributed by atoms with E-state index in [0.717, 1.165) is 99.3 Å². The molecule has 47 heavy (non-hydrogen) atoms. The molecule has 0 bridgehead atoms. The molecule has 0 N–H and O–H groups in total. The predicted octanol–water partition coefficient (Wildman–Crippen LogP) is 14.8. The maximum absolute atomic E-state index is 7.26. The maximum Gasteiger partial charge on any atom is 0.154 e. The molecule has 0 aromatic heterocycles. The van der Waals surface area contributed by atoms with Crippen LogP contribution in [0.1, 0.15) is 101 Å². The summed E-state index contributed by atoms with van der Waals surface area (Å²) in [7, 11) is 0. The lowest BCUT2D eigenvalue weighted by molar-refractivity contribution is 0.494. The maximum atomic E-state index is 7.26. The van der Waals surface area contributed by atoms with Gasteiger partial charge in [-0.25, -0.2) is 0 Å². The van der Waals surface area contributed by atoms with Crippen LogP contribution in [0.2, 0.25) is 10.0 Å². The number of aryl methyl sites for hydroxylation is 4. The number of halogens is 2. The summed E-state index contributed by atoms with van der Waals surface area (Å²) in [5, 5.41) is 11.4. The molecular formula is C44H48Cl2O. The van der Waals surface area contributed by atoms with Crippen LogP contribution in [-0.2, 0) is 25.7 Å². The van der Waals surface area contributed by atoms with E-state index in [1.54, 1.807) is 0 Å². The van der Waals surface area contributed by atoms with E-state index < -0.39 is 0 Å². The van der Waals surface area contributed by atoms with E-state index in [4.69, 9.17) is 27.9 Å². The predicted molar refractivity (Wildman–Crippen MR) is 207 cm³/mol. The van der Waals surface area contributed by atoms with Gasteiger partial charge >= 0.3 is 0 Å². The van der Waals surface area contributed by atoms with Crippen molar-refractivity contribution in [3.05, 3.63) is 105 Å². The van der Waals surface area contributed by atoms with Crippen LogP contribution < -0.4 is 4.74 Å². The summed E-state index contributed by atoms with van der Waals surface area (Å²) in [6.45, 7) is 9.06. The van der Waals surface area contributed by atoms with Crippen molar-refractivity contribution < 1.29 is 4.74 Å². The molecule has 0 saturated carbocycles. The quantitative estimate of drug-likeness (QED) is 0.105. The van der Waals surface area contributed by atoms with Crippen LogP contribution in [0.5, 0.6) is 11.5 Å². The van der Waals surface area contributed by atoms with Gasteiger partial charge in [0.1, 0.15) is 0 Å². The normalized spacial score (nSPS) is 11.8. The van der Waals surface area contributed by atoms with Crippen molar-refractivity contribution in [3.63, 3.8) is 0 Å². The lowest BCUT2D eigenvalue weighted by atomic mass is 9.86. The third kappa shape index (κ3) is 6.47. The molecule has 0 atom stereocenters. The molecule has 0 unspecified atom stereocenters. The Hall–Kier alpha value is -3.26. The minimum absolute atomic E-state index is 0.627. The fourth-order valence-corrected chi connectivity index (χ4v) is 7.96. The lowest BCUT2D eigenvalue weighted by Crippen LogP contribution is -2.01. The second-order valence-electron chi connectivity index (χ2n) is 13.1. The van der Waals surface area contributed by atoms with Crippen molar-refractivity contribution >= 4 is 66.3 Å². The van der Waals surface area contributed by atoms with Crippen molar-refractivity contribution in [2.24, 2.45) is 0 Å². The number of hydrogen-bond donors (Lipinski definition) is 0. The van der Waals surface area contributed by atoms with Gasteiger partial charge in [-0.1, -0.05) is 137 Å². The average molecular weight is 664 g/mol. The van der Waals surface area contributed by atoms with Crippen molar-refractivity contribution in [1.82, 2.24) is 0 Å². The zero-order valence-electron chi connectivity index (χ0n) is 28.6. The Morgan fingerprint density at radius 3 is 1.06 bits per heavy atom. The highest BCUT2D eigenvalue weighted by Crippen LogP contribution is 2.49. The van der Waals surface area contributed by atoms with Gasteiger partial charge in [-0.15, -0.1) is 0 Å². The molecule has 0 radical (unpaired) electrons. The lowest BCUT2D eigenvalue weighted by Gasteiger charge is -2.23. The minimum atomic E-state index is 0.627. The van der Waals surface area contributed by atoms with Gasteiger partial charge in [-0.05, 0) is 118 Å². The van der Waals surface area contributed by atoms with Gasteiger partial charge in [0.2, 0.25) is 0 Å². The highest BCUT2D eigenvalue weighted by molar-refractivity contribution is 6.35. The highest BCUT2D eigenvalue weighted by Gasteiger charge is 2.24. The van der Waals surface area contributed by atoms with Crippen molar-refractivity contribution in [3.8, 4) is 11.5 Å². The van der Waals surface area contributed by atoms with Crippen molar-refractivity contribution in [1.29, 1.82) is 0 Å². The van der Waals surface area contributed by atoms with Crippen LogP contribution in [-0.4, -0.2) is 0 Å². The van der Waals surface area contributed by atoms with Gasteiger partial charge in [0.15, 0.2) is 11.5 Å². The summed E-state index contributed by atoms with van der Waals surface area (Å²) in [5.74, 6) is 1.47. The number of rotatable bonds is 14. The van der Waals surface area contributed by atoms with Crippen LogP contribution in [0, 0.1) is 0 Å². The molecule has 0 spiro atoms. The van der Waals surface area contributed by atoms with E-state index in [-0.39, 0.29) is 0 Å². The molecule has 0 fully saturated rings. The zero-order chi connectivity index (χ0) is 32.9. The molecule has 0 aliphatic heterocycles. The molecule has 6 aromatic rings. The van der Waals surface area contributed by atoms with Gasteiger partial charge in [-0.2, -0.15) is 0 Å². The van der Waals surface area contributed by atoms with E-state index in [2.05, 4.69) is 88.4 Å². The smallest absolute Gasteiger partial charge is 0.154 e. The van der Waals surface area contributed by atoms with E-state index in [9.17, 15) is 0 Å². The molecule has 1 nitrogen and oxygen atoms in total. The summed E-state index contributed by atoms with van der Waals surface area (Å²) in [4.78, 5) is 0. The number of unbranched alkanes of at least 4 members (excludes halogenated alkanes) is 4. The number of hydrogen-bond acceptors (Lipinski definition) is 1. The summed E-state index contributed by atoms with van der Waals surface area (Å²) < 4.78 is 7.26. The summed E-state index contributed by atoms with van der Waals surface area (Å²) in [6.07, 6.45) is 13.0. The molecule has 6 aromatic carbocycles. The first-order valence-electron chi connectivity index (χ1n) is 18.0. The van der Waals surface area contributed by atoms with E-state index in [1.165, 1.54) is 54.6 Å². The van der Waals surface area contributed by atoms with Crippen LogP contribution in [0.15, 0.2) is 72.8 Å². The van der Waals surface area contributed by atoms with Crippen LogP contribution in [0.25, 0.3) is 43.1 Å². The molecule has 0 amide bonds. The molecule has 0 saturated heterocycles. The second kappa shape index (κ2) is 15.3. The van der Waals surface area contributed by atoms with E-state index in [0.29, 0.717) is 10.0 Å². The summed E-state index contributed by atoms with van der Waals surface area (Å²) >= 11 is 14.4. The Balaban J connectivity index is 1.70. The Morgan fingerprint density at radius 1 is 0.404 bits per heavy atom. The highest BCUT2D eigenvalue weighted by atomic mass is 35.5. The first-order chi connectivity index (χ1) is 23.0. The van der Waals surface area contributed by atoms with Gasteiger partial charge in [0.25, 0.3) is 0 Å². The minimum Gasteiger partial charge on any atom is -0.453 e. The monoisotopic (exact) mass is 662 g/mol. The molecular weight excluding hydrogens is 615 g/mol. The molecule has 244 valence electrons. The Kier molecular flexibility index (Phi) is 11.0. The molecule has 6 rings (SSSR count). The molecule has 0 heterocycles. The van der Waals surface area contributed by atoms with Gasteiger partial charge in [0, 0.05) is 10.8 Å². The largest absolute Gasteiger partial charge is 0.453 e. The molecule has 3 heteroatoms. The summed E-state index contributed by atoms with van der Waals surface area (Å²) in [5.41, 5.74) is 5.43. The van der Waals surface area contributed by atoms with Gasteiger partial charge in [-0.3, -0.25) is 0 Å². The third-order valence-electron chi connectivity index (χ3n) is 9.95. The molecule has 0 aliphatic carbocycles. The standard InChI is InChI=1S/C44H48Cl2O/c1-5-9-17-31-29-21-13-15-23-33(29)35(19-11-7-3)41-37(31)25-27-39(45)43(41)47-44-40(46)28-26-38-32(18-10-6-2)30-22-14-16-24-34(30)36(42(38)44)20-12-8-4/h13-16,21-28H,5-12,17-20H2,1-4H3. The molecule has 0 aliphatic rings. The number of fused-ring (bicyclic) bond motifs is 4. The average Bonchev–Trinajstić information content (AvgIpc) is 3.09. The van der Waals surface area contributed by atoms with Crippen molar-refractivity contribution in [2.75, 3.05) is 0 Å². The van der Waals surface area contributed by atoms with Gasteiger partial charge < -0.3 is 4.74 Å². The Bertz CT molecular complexity index is 1890. The van der Waals surface area contributed by atoms with E-state index in [1.807, 2.05) is 12.1 Å². The Morgan fingerprint density at radius 2 is 0.723 bits per heavy atom. The Labute approximate surface area is 291 Å². The van der Waals surface area contributed by atoms with Crippen LogP contribution in [0.4, 0.5) is 0 Å². The van der Waals surface area contributed by atoms with E-state index >= 15 is 0 Å². The fourth-order valence-electron chi connectivity index (χ4n) is 7.57. The topological polar surface area (TPSA) is 9.23 Å². The SMILES string of the molecule is CCCCc1c2ccccc2c(CCCC)c2c(Oc3c(Cl)ccc4c(CCCC)c5ccccc5c(CCCC)c34)c(Cl)ccc12. The van der Waals surface area contributed by atoms with Crippen LogP contribution >= 0.6 is 23.2 Å². The second-order valence-corrected chi connectivity index (χ2v) is 13.9.